The summed E-state index contributed by atoms with van der Waals surface area (Å²) in [4.78, 5) is 23.9. The van der Waals surface area contributed by atoms with E-state index in [0.717, 1.165) is 11.3 Å². The van der Waals surface area contributed by atoms with E-state index >= 15 is 0 Å². The zero-order valence-corrected chi connectivity index (χ0v) is 15.6. The van der Waals surface area contributed by atoms with Gasteiger partial charge < -0.3 is 19.5 Å². The number of furan rings is 2. The second kappa shape index (κ2) is 8.23. The first-order valence-electron chi connectivity index (χ1n) is 7.87. The molecule has 0 aliphatic heterocycles. The topological polar surface area (TPSA) is 119 Å². The van der Waals surface area contributed by atoms with Crippen molar-refractivity contribution in [1.29, 1.82) is 0 Å². The number of amides is 2. The Bertz CT molecular complexity index is 977. The van der Waals surface area contributed by atoms with Gasteiger partial charge in [-0.1, -0.05) is 6.07 Å². The number of hydrogen-bond acceptors (Lipinski definition) is 7. The smallest absolute Gasteiger partial charge is 0.309 e. The van der Waals surface area contributed by atoms with Crippen molar-refractivity contribution in [2.75, 3.05) is 6.54 Å². The molecule has 3 rings (SSSR count). The fourth-order valence-corrected chi connectivity index (χ4v) is 5.12. The number of sulfone groups is 1. The summed E-state index contributed by atoms with van der Waals surface area (Å²) in [5.41, 5.74) is 0. The van der Waals surface area contributed by atoms with Gasteiger partial charge in [0.2, 0.25) is 0 Å². The van der Waals surface area contributed by atoms with Crippen LogP contribution in [0.1, 0.15) is 16.8 Å². The zero-order chi connectivity index (χ0) is 19.3. The molecule has 0 spiro atoms. The molecule has 0 fully saturated rings. The summed E-state index contributed by atoms with van der Waals surface area (Å²) in [7, 11) is -3.79. The molecule has 0 saturated carbocycles. The summed E-state index contributed by atoms with van der Waals surface area (Å²) >= 11 is 1.07. The summed E-state index contributed by atoms with van der Waals surface area (Å²) in [5, 5.41) is 5.25. The molecule has 3 heterocycles. The van der Waals surface area contributed by atoms with Crippen LogP contribution in [0.25, 0.3) is 0 Å². The van der Waals surface area contributed by atoms with Gasteiger partial charge in [-0.3, -0.25) is 9.59 Å². The Morgan fingerprint density at radius 3 is 2.37 bits per heavy atom. The van der Waals surface area contributed by atoms with Crippen molar-refractivity contribution in [3.05, 3.63) is 65.8 Å². The van der Waals surface area contributed by atoms with E-state index in [4.69, 9.17) is 8.83 Å². The van der Waals surface area contributed by atoms with E-state index in [1.54, 1.807) is 29.6 Å². The van der Waals surface area contributed by atoms with Crippen LogP contribution in [0.4, 0.5) is 0 Å². The highest BCUT2D eigenvalue weighted by Gasteiger charge is 2.33. The lowest BCUT2D eigenvalue weighted by Gasteiger charge is -2.15. The molecule has 1 atom stereocenters. The van der Waals surface area contributed by atoms with Crippen LogP contribution in [-0.4, -0.2) is 26.8 Å². The lowest BCUT2D eigenvalue weighted by Crippen LogP contribution is -2.41. The SMILES string of the molecule is O=C(NCc1ccco1)C(=O)NCC(c1ccco1)S(=O)(=O)c1cccs1. The van der Waals surface area contributed by atoms with Gasteiger partial charge in [0.25, 0.3) is 0 Å². The Morgan fingerprint density at radius 2 is 1.74 bits per heavy atom. The Hall–Kier alpha value is -2.85. The quantitative estimate of drug-likeness (QED) is 0.576. The summed E-state index contributed by atoms with van der Waals surface area (Å²) in [6.07, 6.45) is 2.80. The molecule has 2 N–H and O–H groups in total. The van der Waals surface area contributed by atoms with Crippen molar-refractivity contribution in [3.63, 3.8) is 0 Å². The highest BCUT2D eigenvalue weighted by atomic mass is 32.2. The van der Waals surface area contributed by atoms with Crippen molar-refractivity contribution in [1.82, 2.24) is 10.6 Å². The molecule has 3 aromatic heterocycles. The van der Waals surface area contributed by atoms with E-state index < -0.39 is 26.9 Å². The average Bonchev–Trinajstić information content (AvgIpc) is 3.42. The van der Waals surface area contributed by atoms with Crippen molar-refractivity contribution in [3.8, 4) is 0 Å². The van der Waals surface area contributed by atoms with Crippen LogP contribution in [0.5, 0.6) is 0 Å². The zero-order valence-electron chi connectivity index (χ0n) is 14.0. The van der Waals surface area contributed by atoms with E-state index in [2.05, 4.69) is 10.6 Å². The van der Waals surface area contributed by atoms with Gasteiger partial charge in [0, 0.05) is 6.54 Å². The van der Waals surface area contributed by atoms with Gasteiger partial charge in [-0.05, 0) is 35.7 Å². The molecule has 8 nitrogen and oxygen atoms in total. The minimum atomic E-state index is -3.79. The van der Waals surface area contributed by atoms with Crippen molar-refractivity contribution >= 4 is 33.0 Å². The fraction of sp³-hybridized carbons (Fsp3) is 0.176. The first-order valence-corrected chi connectivity index (χ1v) is 10.3. The maximum absolute atomic E-state index is 12.8. The molecule has 0 aromatic carbocycles. The molecule has 0 aliphatic carbocycles. The first kappa shape index (κ1) is 18.9. The van der Waals surface area contributed by atoms with E-state index in [1.807, 2.05) is 0 Å². The van der Waals surface area contributed by atoms with Gasteiger partial charge in [-0.25, -0.2) is 8.42 Å². The Balaban J connectivity index is 1.66. The first-order chi connectivity index (χ1) is 13.0. The summed E-state index contributed by atoms with van der Waals surface area (Å²) in [5.74, 6) is -1.16. The van der Waals surface area contributed by atoms with Crippen LogP contribution in [0.2, 0.25) is 0 Å². The van der Waals surface area contributed by atoms with Crippen molar-refractivity contribution in [2.24, 2.45) is 0 Å². The molecule has 0 saturated heterocycles. The Kier molecular flexibility index (Phi) is 5.77. The third kappa shape index (κ3) is 4.47. The van der Waals surface area contributed by atoms with Gasteiger partial charge in [-0.2, -0.15) is 0 Å². The highest BCUT2D eigenvalue weighted by Crippen LogP contribution is 2.31. The predicted molar refractivity (Wildman–Crippen MR) is 96.5 cm³/mol. The summed E-state index contributed by atoms with van der Waals surface area (Å²) < 4.78 is 36.1. The van der Waals surface area contributed by atoms with Gasteiger partial charge in [-0.15, -0.1) is 11.3 Å². The highest BCUT2D eigenvalue weighted by molar-refractivity contribution is 7.93. The van der Waals surface area contributed by atoms with Crippen LogP contribution in [-0.2, 0) is 26.0 Å². The number of thiophene rings is 1. The van der Waals surface area contributed by atoms with E-state index in [9.17, 15) is 18.0 Å². The molecule has 27 heavy (non-hydrogen) atoms. The number of carbonyl (C=O) groups excluding carboxylic acids is 2. The van der Waals surface area contributed by atoms with Crippen LogP contribution in [0.15, 0.2) is 67.3 Å². The minimum absolute atomic E-state index is 0.0500. The molecule has 0 aliphatic rings. The van der Waals surface area contributed by atoms with Crippen LogP contribution < -0.4 is 10.6 Å². The lowest BCUT2D eigenvalue weighted by molar-refractivity contribution is -0.139. The minimum Gasteiger partial charge on any atom is -0.468 e. The normalized spacial score (nSPS) is 12.4. The molecule has 10 heteroatoms. The van der Waals surface area contributed by atoms with E-state index in [0.29, 0.717) is 5.76 Å². The van der Waals surface area contributed by atoms with Crippen LogP contribution in [0.3, 0.4) is 0 Å². The van der Waals surface area contributed by atoms with Gasteiger partial charge >= 0.3 is 11.8 Å². The molecule has 1 unspecified atom stereocenters. The second-order valence-electron chi connectivity index (χ2n) is 5.45. The van der Waals surface area contributed by atoms with E-state index in [-0.39, 0.29) is 23.1 Å². The van der Waals surface area contributed by atoms with Crippen molar-refractivity contribution in [2.45, 2.75) is 16.0 Å². The lowest BCUT2D eigenvalue weighted by atomic mass is 10.3. The maximum atomic E-state index is 12.8. The Labute approximate surface area is 159 Å². The summed E-state index contributed by atoms with van der Waals surface area (Å²) in [6.45, 7) is -0.255. The third-order valence-electron chi connectivity index (χ3n) is 3.67. The number of rotatable bonds is 7. The van der Waals surface area contributed by atoms with Gasteiger partial charge in [0.1, 0.15) is 21.0 Å². The third-order valence-corrected chi connectivity index (χ3v) is 7.16. The van der Waals surface area contributed by atoms with Crippen molar-refractivity contribution < 1.29 is 26.8 Å². The molecule has 0 radical (unpaired) electrons. The average molecular weight is 408 g/mol. The monoisotopic (exact) mass is 408 g/mol. The van der Waals surface area contributed by atoms with Crippen LogP contribution in [0, 0.1) is 0 Å². The number of nitrogens with one attached hydrogen (secondary N) is 2. The largest absolute Gasteiger partial charge is 0.468 e. The number of hydrogen-bond donors (Lipinski definition) is 2. The predicted octanol–water partition coefficient (Wildman–Crippen LogP) is 1.88. The van der Waals surface area contributed by atoms with Gasteiger partial charge in [0.15, 0.2) is 9.84 Å². The standard InChI is InChI=1S/C17H16N2O6S2/c20-16(18-10-12-4-1-7-24-12)17(21)19-11-14(13-5-2-8-25-13)27(22,23)15-6-3-9-26-15/h1-9,14H,10-11H2,(H,18,20)(H,19,21). The number of carbonyl (C=O) groups is 2. The Morgan fingerprint density at radius 1 is 1.00 bits per heavy atom. The molecular formula is C17H16N2O6S2. The van der Waals surface area contributed by atoms with Crippen LogP contribution >= 0.6 is 11.3 Å². The molecule has 2 amide bonds. The molecular weight excluding hydrogens is 392 g/mol. The maximum Gasteiger partial charge on any atom is 0.309 e. The summed E-state index contributed by atoms with van der Waals surface area (Å²) in [6, 6.07) is 9.48. The molecule has 142 valence electrons. The second-order valence-corrected chi connectivity index (χ2v) is 8.76. The van der Waals surface area contributed by atoms with Gasteiger partial charge in [0.05, 0.1) is 19.1 Å². The fourth-order valence-electron chi connectivity index (χ4n) is 2.33. The molecule has 0 bridgehead atoms. The molecule has 3 aromatic rings. The van der Waals surface area contributed by atoms with E-state index in [1.165, 1.54) is 24.7 Å².